The second-order valence-electron chi connectivity index (χ2n) is 12.8. The largest absolute Gasteiger partial charge is 0.490 e. The van der Waals surface area contributed by atoms with Gasteiger partial charge in [-0.25, -0.2) is 13.2 Å². The maximum Gasteiger partial charge on any atom is 0.490 e. The second-order valence-corrected chi connectivity index (χ2v) is 14.6. The highest BCUT2D eigenvalue weighted by Gasteiger charge is 2.48. The number of fused-ring (bicyclic) bond motifs is 3. The molecule has 12 nitrogen and oxygen atoms in total. The number of benzene rings is 2. The Balaban J connectivity index is 0.000000671. The lowest BCUT2D eigenvalue weighted by molar-refractivity contribution is -0.192. The Bertz CT molecular complexity index is 1810. The average molecular weight is 694 g/mol. The van der Waals surface area contributed by atoms with Crippen LogP contribution in [0.4, 0.5) is 13.2 Å². The molecule has 0 bridgehead atoms. The summed E-state index contributed by atoms with van der Waals surface area (Å²) >= 11 is 0. The minimum atomic E-state index is -5.08. The summed E-state index contributed by atoms with van der Waals surface area (Å²) in [5, 5.41) is 11.0. The maximum atomic E-state index is 13.9. The molecule has 0 radical (unpaired) electrons. The molecule has 1 unspecified atom stereocenters. The van der Waals surface area contributed by atoms with E-state index in [9.17, 15) is 36.0 Å². The number of nitrogens with two attached hydrogens (primary N) is 1. The smallest absolute Gasteiger partial charge is 0.475 e. The second kappa shape index (κ2) is 13.6. The molecule has 260 valence electrons. The zero-order valence-corrected chi connectivity index (χ0v) is 27.4. The molecule has 1 saturated heterocycles. The number of carboxylic acid groups (broad SMARTS) is 1. The number of rotatable bonds is 7. The van der Waals surface area contributed by atoms with Crippen LogP contribution in [0, 0.1) is 0 Å². The fraction of sp³-hybridized carbons (Fsp3) is 0.438. The van der Waals surface area contributed by atoms with Gasteiger partial charge in [-0.2, -0.15) is 13.2 Å². The SMILES string of the molecule is CC(C)(N)C(=O)NC(Cc1c[nH]c2ccccc12)C(=O)N1CCC2(CC1)C[C@@H](C(=O)NS(C)(=O)=O)c1ccccc12.O=C(O)C(F)(F)F. The Kier molecular flexibility index (Phi) is 10.3. The number of aromatic nitrogens is 1. The van der Waals surface area contributed by atoms with Crippen molar-refractivity contribution in [2.75, 3.05) is 19.3 Å². The lowest BCUT2D eigenvalue weighted by atomic mass is 9.73. The van der Waals surface area contributed by atoms with Crippen LogP contribution in [0.5, 0.6) is 0 Å². The van der Waals surface area contributed by atoms with Crippen molar-refractivity contribution in [1.82, 2.24) is 19.9 Å². The molecular weight excluding hydrogens is 655 g/mol. The molecule has 5 rings (SSSR count). The first kappa shape index (κ1) is 36.4. The number of piperidine rings is 1. The van der Waals surface area contributed by atoms with E-state index in [2.05, 4.69) is 15.0 Å². The Morgan fingerprint density at radius 1 is 1.06 bits per heavy atom. The fourth-order valence-corrected chi connectivity index (χ4v) is 6.80. The lowest BCUT2D eigenvalue weighted by Crippen LogP contribution is -2.58. The summed E-state index contributed by atoms with van der Waals surface area (Å²) in [6, 6.07) is 14.7. The van der Waals surface area contributed by atoms with Crippen LogP contribution in [0.2, 0.25) is 0 Å². The van der Waals surface area contributed by atoms with Gasteiger partial charge in [0.2, 0.25) is 27.7 Å². The van der Waals surface area contributed by atoms with E-state index in [4.69, 9.17) is 15.6 Å². The molecule has 2 aliphatic rings. The van der Waals surface area contributed by atoms with Crippen LogP contribution < -0.4 is 15.8 Å². The molecule has 2 heterocycles. The van der Waals surface area contributed by atoms with Gasteiger partial charge in [-0.05, 0) is 55.9 Å². The van der Waals surface area contributed by atoms with E-state index in [1.807, 2.05) is 54.7 Å². The molecule has 1 spiro atoms. The van der Waals surface area contributed by atoms with Crippen molar-refractivity contribution in [1.29, 1.82) is 0 Å². The quantitative estimate of drug-likeness (QED) is 0.249. The summed E-state index contributed by atoms with van der Waals surface area (Å²) < 4.78 is 57.4. The van der Waals surface area contributed by atoms with Gasteiger partial charge in [0.25, 0.3) is 0 Å². The van der Waals surface area contributed by atoms with Gasteiger partial charge in [0.05, 0.1) is 17.7 Å². The van der Waals surface area contributed by atoms with E-state index < -0.39 is 51.5 Å². The van der Waals surface area contributed by atoms with E-state index >= 15 is 0 Å². The molecule has 0 saturated carbocycles. The molecule has 3 aromatic rings. The standard InChI is InChI=1S/C30H37N5O5S.C2HF3O2/c1-29(2,31)28(38)33-25(16-19-18-32-24-11-7-5-8-20(19)24)27(37)35-14-12-30(13-15-35)17-22(26(36)34-41(3,39)40)21-9-4-6-10-23(21)30;3-2(4,5)1(6)7/h4-11,18,22,25,32H,12-17,31H2,1-3H3,(H,33,38)(H,34,36);(H,6,7)/t22-,25?;/m1./s1. The van der Waals surface area contributed by atoms with Crippen LogP contribution in [0.1, 0.15) is 55.7 Å². The number of aliphatic carboxylic acids is 1. The molecule has 2 atom stereocenters. The van der Waals surface area contributed by atoms with Gasteiger partial charge in [0, 0.05) is 42.0 Å². The van der Waals surface area contributed by atoms with Crippen molar-refractivity contribution in [3.63, 3.8) is 0 Å². The third-order valence-corrected chi connectivity index (χ3v) is 9.24. The number of nitrogens with zero attached hydrogens (tertiary/aromatic N) is 1. The molecule has 3 amide bonds. The van der Waals surface area contributed by atoms with E-state index in [0.29, 0.717) is 38.8 Å². The first-order valence-corrected chi connectivity index (χ1v) is 17.0. The first-order chi connectivity index (χ1) is 22.2. The van der Waals surface area contributed by atoms with Gasteiger partial charge in [-0.1, -0.05) is 42.5 Å². The Labute approximate surface area is 275 Å². The highest BCUT2D eigenvalue weighted by atomic mass is 32.2. The topological polar surface area (TPSA) is 192 Å². The van der Waals surface area contributed by atoms with Crippen LogP contribution in [0.25, 0.3) is 10.9 Å². The number of alkyl halides is 3. The number of amides is 3. The van der Waals surface area contributed by atoms with Gasteiger partial charge >= 0.3 is 12.1 Å². The van der Waals surface area contributed by atoms with Crippen molar-refractivity contribution in [3.05, 3.63) is 71.4 Å². The molecule has 48 heavy (non-hydrogen) atoms. The minimum absolute atomic E-state index is 0.180. The predicted molar refractivity (Wildman–Crippen MR) is 170 cm³/mol. The number of para-hydroxylation sites is 1. The number of halogens is 3. The molecule has 1 aliphatic heterocycles. The lowest BCUT2D eigenvalue weighted by Gasteiger charge is -2.41. The number of aromatic amines is 1. The summed E-state index contributed by atoms with van der Waals surface area (Å²) in [6.45, 7) is 4.10. The summed E-state index contributed by atoms with van der Waals surface area (Å²) in [6.07, 6.45) is -0.214. The number of nitrogens with one attached hydrogen (secondary N) is 3. The van der Waals surface area contributed by atoms with Crippen LogP contribution in [-0.4, -0.2) is 84.2 Å². The van der Waals surface area contributed by atoms with E-state index in [0.717, 1.165) is 33.8 Å². The van der Waals surface area contributed by atoms with Crippen molar-refractivity contribution < 1.29 is 45.9 Å². The van der Waals surface area contributed by atoms with Crippen LogP contribution >= 0.6 is 0 Å². The fourth-order valence-electron chi connectivity index (χ4n) is 6.30. The van der Waals surface area contributed by atoms with Gasteiger partial charge < -0.3 is 26.0 Å². The first-order valence-electron chi connectivity index (χ1n) is 15.1. The van der Waals surface area contributed by atoms with E-state index in [1.54, 1.807) is 18.7 Å². The molecule has 2 aromatic carbocycles. The monoisotopic (exact) mass is 693 g/mol. The Hall–Kier alpha value is -4.44. The highest BCUT2D eigenvalue weighted by Crippen LogP contribution is 2.51. The summed E-state index contributed by atoms with van der Waals surface area (Å²) in [7, 11) is -3.69. The summed E-state index contributed by atoms with van der Waals surface area (Å²) in [5.74, 6) is -4.45. The molecule has 1 fully saturated rings. The average Bonchev–Trinajstić information content (AvgIpc) is 3.55. The van der Waals surface area contributed by atoms with Crippen LogP contribution in [0.15, 0.2) is 54.7 Å². The number of carbonyl (C=O) groups excluding carboxylic acids is 3. The Morgan fingerprint density at radius 2 is 1.65 bits per heavy atom. The minimum Gasteiger partial charge on any atom is -0.475 e. The predicted octanol–water partition coefficient (Wildman–Crippen LogP) is 2.69. The van der Waals surface area contributed by atoms with Gasteiger partial charge in [-0.3, -0.25) is 19.1 Å². The van der Waals surface area contributed by atoms with Gasteiger partial charge in [0.1, 0.15) is 6.04 Å². The van der Waals surface area contributed by atoms with Crippen LogP contribution in [-0.2, 0) is 41.0 Å². The number of hydrogen-bond acceptors (Lipinski definition) is 7. The van der Waals surface area contributed by atoms with E-state index in [-0.39, 0.29) is 11.3 Å². The molecule has 6 N–H and O–H groups in total. The Morgan fingerprint density at radius 3 is 2.23 bits per heavy atom. The van der Waals surface area contributed by atoms with Gasteiger partial charge in [0.15, 0.2) is 0 Å². The molecule has 16 heteroatoms. The maximum absolute atomic E-state index is 13.9. The van der Waals surface area contributed by atoms with Crippen molar-refractivity contribution in [2.24, 2.45) is 5.73 Å². The summed E-state index contributed by atoms with van der Waals surface area (Å²) in [5.41, 5.74) is 8.31. The van der Waals surface area contributed by atoms with Crippen molar-refractivity contribution >= 4 is 44.6 Å². The normalized spacial score (nSPS) is 18.0. The number of H-pyrrole nitrogens is 1. The summed E-state index contributed by atoms with van der Waals surface area (Å²) in [4.78, 5) is 53.7. The number of likely N-dealkylation sites (tertiary alicyclic amines) is 1. The third-order valence-electron chi connectivity index (χ3n) is 8.67. The molecule has 1 aromatic heterocycles. The zero-order valence-electron chi connectivity index (χ0n) is 26.6. The van der Waals surface area contributed by atoms with Crippen LogP contribution in [0.3, 0.4) is 0 Å². The highest BCUT2D eigenvalue weighted by molar-refractivity contribution is 7.89. The van der Waals surface area contributed by atoms with Crippen molar-refractivity contribution in [3.8, 4) is 0 Å². The third kappa shape index (κ3) is 8.34. The van der Waals surface area contributed by atoms with E-state index in [1.165, 1.54) is 0 Å². The van der Waals surface area contributed by atoms with Gasteiger partial charge in [-0.15, -0.1) is 0 Å². The zero-order chi connectivity index (χ0) is 35.7. The number of carboxylic acids is 1. The number of sulfonamides is 1. The number of carbonyl (C=O) groups is 4. The molecule has 1 aliphatic carbocycles. The molecular formula is C32H38F3N5O7S. The van der Waals surface area contributed by atoms with Crippen molar-refractivity contribution in [2.45, 2.75) is 68.6 Å². The number of hydrogen-bond donors (Lipinski definition) is 5.